The molecule has 0 saturated heterocycles. The van der Waals surface area contributed by atoms with Crippen molar-refractivity contribution in [2.75, 3.05) is 0 Å². The summed E-state index contributed by atoms with van der Waals surface area (Å²) in [6.45, 7) is 0. The van der Waals surface area contributed by atoms with Crippen molar-refractivity contribution in [3.8, 4) is 5.75 Å². The number of hydrogen-bond donors (Lipinski definition) is 2. The molecule has 0 aliphatic rings. The number of hydrogen-bond acceptors (Lipinski definition) is 4. The number of nitrogens with two attached hydrogens (primary N) is 1. The third-order valence-corrected chi connectivity index (χ3v) is 1.53. The second-order valence-electron chi connectivity index (χ2n) is 1.98. The van der Waals surface area contributed by atoms with Gasteiger partial charge in [0.15, 0.2) is 5.75 Å². The van der Waals surface area contributed by atoms with Crippen LogP contribution in [0.1, 0.15) is 10.4 Å². The first-order chi connectivity index (χ1) is 5.75. The van der Waals surface area contributed by atoms with Gasteiger partial charge in [-0.05, 0) is 12.1 Å². The van der Waals surface area contributed by atoms with E-state index < -0.39 is 5.97 Å². The Bertz CT molecular complexity index is 290. The van der Waals surface area contributed by atoms with Gasteiger partial charge in [0.2, 0.25) is 0 Å². The predicted octanol–water partition coefficient (Wildman–Crippen LogP) is 1.29. The number of carbonyl (C=O) groups is 1. The Morgan fingerprint density at radius 3 is 2.75 bits per heavy atom. The lowest BCUT2D eigenvalue weighted by Crippen LogP contribution is -1.99. The molecule has 0 heterocycles. The van der Waals surface area contributed by atoms with Gasteiger partial charge in [0.05, 0.1) is 0 Å². The third-order valence-electron chi connectivity index (χ3n) is 1.26. The molecule has 12 heavy (non-hydrogen) atoms. The number of aromatic carboxylic acids is 1. The minimum absolute atomic E-state index is 0.107. The van der Waals surface area contributed by atoms with E-state index in [2.05, 4.69) is 0 Å². The zero-order valence-corrected chi connectivity index (χ0v) is 6.88. The van der Waals surface area contributed by atoms with E-state index in [1.807, 2.05) is 0 Å². The Balaban J connectivity index is 3.00. The van der Waals surface area contributed by atoms with E-state index in [1.54, 1.807) is 18.2 Å². The summed E-state index contributed by atoms with van der Waals surface area (Å²) in [6, 6.07) is 6.30. The van der Waals surface area contributed by atoms with Gasteiger partial charge in [-0.3, -0.25) is 0 Å². The van der Waals surface area contributed by atoms with Crippen LogP contribution in [0.4, 0.5) is 0 Å². The highest BCUT2D eigenvalue weighted by Gasteiger charge is 2.09. The molecule has 4 nitrogen and oxygen atoms in total. The van der Waals surface area contributed by atoms with Crippen LogP contribution in [0.5, 0.6) is 5.75 Å². The summed E-state index contributed by atoms with van der Waals surface area (Å²) in [7, 11) is 0. The van der Waals surface area contributed by atoms with Gasteiger partial charge < -0.3 is 9.29 Å². The summed E-state index contributed by atoms with van der Waals surface area (Å²) in [5.41, 5.74) is 0.107. The number of benzene rings is 1. The first-order valence-corrected chi connectivity index (χ1v) is 3.92. The second kappa shape index (κ2) is 3.99. The Labute approximate surface area is 73.7 Å². The van der Waals surface area contributed by atoms with Crippen molar-refractivity contribution in [2.45, 2.75) is 0 Å². The lowest BCUT2D eigenvalue weighted by molar-refractivity contribution is 0.0695. The molecule has 0 amide bonds. The summed E-state index contributed by atoms with van der Waals surface area (Å²) >= 11 is 0.623. The molecule has 64 valence electrons. The molecule has 0 aliphatic heterocycles. The molecule has 0 atom stereocenters. The van der Waals surface area contributed by atoms with E-state index in [0.717, 1.165) is 0 Å². The summed E-state index contributed by atoms with van der Waals surface area (Å²) in [6.07, 6.45) is 0. The Kier molecular flexibility index (Phi) is 2.95. The van der Waals surface area contributed by atoms with E-state index in [9.17, 15) is 4.79 Å². The van der Waals surface area contributed by atoms with E-state index in [1.165, 1.54) is 6.07 Å². The number of carboxylic acid groups (broad SMARTS) is 1. The third kappa shape index (κ3) is 1.90. The van der Waals surface area contributed by atoms with Crippen LogP contribution in [0.3, 0.4) is 0 Å². The fourth-order valence-corrected chi connectivity index (χ4v) is 1.02. The maximum atomic E-state index is 10.6. The number of para-hydroxylation sites is 1. The molecular formula is C7H7NO3S. The van der Waals surface area contributed by atoms with Crippen LogP contribution in [0.25, 0.3) is 0 Å². The fraction of sp³-hybridized carbons (Fsp3) is 0. The molecule has 0 spiro atoms. The molecule has 0 radical (unpaired) electrons. The highest BCUT2D eigenvalue weighted by Crippen LogP contribution is 2.19. The Morgan fingerprint density at radius 2 is 2.17 bits per heavy atom. The van der Waals surface area contributed by atoms with Gasteiger partial charge in [-0.2, -0.15) is 0 Å². The van der Waals surface area contributed by atoms with Crippen molar-refractivity contribution in [3.63, 3.8) is 0 Å². The summed E-state index contributed by atoms with van der Waals surface area (Å²) in [5, 5.41) is 13.7. The molecule has 1 aromatic rings. The van der Waals surface area contributed by atoms with Crippen LogP contribution in [0.15, 0.2) is 24.3 Å². The largest absolute Gasteiger partial charge is 0.478 e. The summed E-state index contributed by atoms with van der Waals surface area (Å²) in [4.78, 5) is 10.6. The van der Waals surface area contributed by atoms with Gasteiger partial charge in [0, 0.05) is 0 Å². The molecule has 0 aromatic heterocycles. The van der Waals surface area contributed by atoms with E-state index in [-0.39, 0.29) is 11.3 Å². The van der Waals surface area contributed by atoms with Crippen LogP contribution in [-0.4, -0.2) is 11.1 Å². The highest BCUT2D eigenvalue weighted by atomic mass is 32.2. The predicted molar refractivity (Wildman–Crippen MR) is 45.8 cm³/mol. The van der Waals surface area contributed by atoms with Crippen molar-refractivity contribution in [1.29, 1.82) is 0 Å². The van der Waals surface area contributed by atoms with Crippen molar-refractivity contribution in [2.24, 2.45) is 5.14 Å². The standard InChI is InChI=1S/C7H7NO3S/c8-12-11-6-4-2-1-3-5(6)7(9)10/h1-4H,8H2,(H,9,10). The normalized spacial score (nSPS) is 9.42. The average molecular weight is 185 g/mol. The topological polar surface area (TPSA) is 72.5 Å². The zero-order valence-electron chi connectivity index (χ0n) is 6.06. The van der Waals surface area contributed by atoms with E-state index in [0.29, 0.717) is 12.2 Å². The van der Waals surface area contributed by atoms with Crippen molar-refractivity contribution < 1.29 is 14.1 Å². The van der Waals surface area contributed by atoms with Crippen molar-refractivity contribution in [3.05, 3.63) is 29.8 Å². The minimum atomic E-state index is -1.03. The van der Waals surface area contributed by atoms with Crippen molar-refractivity contribution in [1.82, 2.24) is 0 Å². The van der Waals surface area contributed by atoms with E-state index in [4.69, 9.17) is 14.4 Å². The maximum absolute atomic E-state index is 10.6. The lowest BCUT2D eigenvalue weighted by Gasteiger charge is -2.02. The zero-order chi connectivity index (χ0) is 8.97. The molecule has 5 heteroatoms. The second-order valence-corrected chi connectivity index (χ2v) is 2.34. The molecule has 0 saturated carbocycles. The molecule has 0 unspecified atom stereocenters. The minimum Gasteiger partial charge on any atom is -0.478 e. The van der Waals surface area contributed by atoms with Crippen LogP contribution < -0.4 is 9.32 Å². The monoisotopic (exact) mass is 185 g/mol. The smallest absolute Gasteiger partial charge is 0.339 e. The van der Waals surface area contributed by atoms with Crippen LogP contribution in [0, 0.1) is 0 Å². The van der Waals surface area contributed by atoms with Gasteiger partial charge >= 0.3 is 5.97 Å². The Morgan fingerprint density at radius 1 is 1.50 bits per heavy atom. The van der Waals surface area contributed by atoms with Crippen LogP contribution in [-0.2, 0) is 0 Å². The number of rotatable bonds is 3. The average Bonchev–Trinajstić information content (AvgIpc) is 2.05. The number of carboxylic acids is 1. The lowest BCUT2D eigenvalue weighted by atomic mass is 10.2. The summed E-state index contributed by atoms with van der Waals surface area (Å²) < 4.78 is 4.81. The molecule has 0 fully saturated rings. The highest BCUT2D eigenvalue weighted by molar-refractivity contribution is 7.92. The molecule has 0 aliphatic carbocycles. The van der Waals surface area contributed by atoms with Gasteiger partial charge in [-0.25, -0.2) is 9.93 Å². The first kappa shape index (κ1) is 8.89. The van der Waals surface area contributed by atoms with Gasteiger partial charge in [0.1, 0.15) is 17.8 Å². The van der Waals surface area contributed by atoms with Crippen LogP contribution >= 0.6 is 12.2 Å². The Hall–Kier alpha value is -1.20. The maximum Gasteiger partial charge on any atom is 0.339 e. The van der Waals surface area contributed by atoms with Crippen LogP contribution in [0.2, 0.25) is 0 Å². The van der Waals surface area contributed by atoms with Gasteiger partial charge in [-0.15, -0.1) is 0 Å². The van der Waals surface area contributed by atoms with Gasteiger partial charge in [-0.1, -0.05) is 12.1 Å². The molecule has 0 bridgehead atoms. The van der Waals surface area contributed by atoms with E-state index >= 15 is 0 Å². The fourth-order valence-electron chi connectivity index (χ4n) is 0.768. The molecule has 1 aromatic carbocycles. The first-order valence-electron chi connectivity index (χ1n) is 3.11. The SMILES string of the molecule is NSOc1ccccc1C(=O)O. The quantitative estimate of drug-likeness (QED) is 0.548. The summed E-state index contributed by atoms with van der Waals surface area (Å²) in [5.74, 6) is -0.767. The molecule has 3 N–H and O–H groups in total. The molecular weight excluding hydrogens is 178 g/mol. The molecule has 1 rings (SSSR count). The van der Waals surface area contributed by atoms with Crippen molar-refractivity contribution >= 4 is 18.2 Å². The van der Waals surface area contributed by atoms with Gasteiger partial charge in [0.25, 0.3) is 0 Å².